The minimum atomic E-state index is 0.125. The van der Waals surface area contributed by atoms with Gasteiger partial charge in [-0.25, -0.2) is 0 Å². The third-order valence-corrected chi connectivity index (χ3v) is 4.23. The Hall–Kier alpha value is -0.910. The molecule has 0 aromatic carbocycles. The Balaban J connectivity index is 1.73. The summed E-state index contributed by atoms with van der Waals surface area (Å²) in [5.41, 5.74) is 0. The number of thiophene rings is 1. The molecule has 0 radical (unpaired) electrons. The number of hydrogen-bond donors (Lipinski definition) is 1. The summed E-state index contributed by atoms with van der Waals surface area (Å²) in [6.07, 6.45) is 0. The maximum absolute atomic E-state index is 11.9. The highest BCUT2D eigenvalue weighted by Gasteiger charge is 2.22. The van der Waals surface area contributed by atoms with Gasteiger partial charge >= 0.3 is 0 Å². The van der Waals surface area contributed by atoms with Crippen LogP contribution in [0, 0.1) is 0 Å². The van der Waals surface area contributed by atoms with E-state index in [4.69, 9.17) is 0 Å². The highest BCUT2D eigenvalue weighted by molar-refractivity contribution is 7.09. The van der Waals surface area contributed by atoms with Crippen LogP contribution in [0.3, 0.4) is 0 Å². The molecule has 18 heavy (non-hydrogen) atoms. The van der Waals surface area contributed by atoms with Crippen molar-refractivity contribution in [3.63, 3.8) is 0 Å². The second kappa shape index (κ2) is 6.31. The number of piperazine rings is 1. The number of nitrogens with one attached hydrogen (secondary N) is 1. The Morgan fingerprint density at radius 1 is 1.56 bits per heavy atom. The average molecular weight is 267 g/mol. The standard InChI is InChI=1S/C13H21N3OS/c1-11-9-15(2)5-6-16(11)10-13(17)14-8-12-4-3-7-18-12/h3-4,7,11H,5-6,8-10H2,1-2H3,(H,14,17)/t11-/m0/s1. The van der Waals surface area contributed by atoms with Gasteiger partial charge in [0.25, 0.3) is 0 Å². The van der Waals surface area contributed by atoms with Crippen LogP contribution in [0.1, 0.15) is 11.8 Å². The summed E-state index contributed by atoms with van der Waals surface area (Å²) in [5, 5.41) is 5.01. The van der Waals surface area contributed by atoms with Crippen molar-refractivity contribution in [1.29, 1.82) is 0 Å². The molecule has 1 saturated heterocycles. The van der Waals surface area contributed by atoms with E-state index in [-0.39, 0.29) is 5.91 Å². The molecule has 0 saturated carbocycles. The lowest BCUT2D eigenvalue weighted by atomic mass is 10.2. The maximum atomic E-state index is 11.9. The van der Waals surface area contributed by atoms with Crippen molar-refractivity contribution in [3.05, 3.63) is 22.4 Å². The van der Waals surface area contributed by atoms with Gasteiger partial charge in [0.05, 0.1) is 13.1 Å². The number of likely N-dealkylation sites (N-methyl/N-ethyl adjacent to an activating group) is 1. The van der Waals surface area contributed by atoms with Crippen LogP contribution >= 0.6 is 11.3 Å². The van der Waals surface area contributed by atoms with Crippen LogP contribution in [0.15, 0.2) is 17.5 Å². The normalized spacial score (nSPS) is 22.0. The molecule has 1 aliphatic heterocycles. The van der Waals surface area contributed by atoms with Crippen LogP contribution in [0.4, 0.5) is 0 Å². The van der Waals surface area contributed by atoms with Crippen LogP contribution in [0.25, 0.3) is 0 Å². The topological polar surface area (TPSA) is 35.6 Å². The van der Waals surface area contributed by atoms with Crippen molar-refractivity contribution in [3.8, 4) is 0 Å². The molecule has 1 fully saturated rings. The molecule has 1 N–H and O–H groups in total. The fourth-order valence-corrected chi connectivity index (χ4v) is 2.90. The molecule has 0 unspecified atom stereocenters. The van der Waals surface area contributed by atoms with Crippen molar-refractivity contribution in [2.75, 3.05) is 33.2 Å². The molecular formula is C13H21N3OS. The second-order valence-electron chi connectivity index (χ2n) is 4.94. The Morgan fingerprint density at radius 3 is 3.06 bits per heavy atom. The number of rotatable bonds is 4. The number of hydrogen-bond acceptors (Lipinski definition) is 4. The lowest BCUT2D eigenvalue weighted by molar-refractivity contribution is -0.123. The summed E-state index contributed by atoms with van der Waals surface area (Å²) in [4.78, 5) is 17.6. The molecule has 0 bridgehead atoms. The van der Waals surface area contributed by atoms with E-state index in [9.17, 15) is 4.79 Å². The van der Waals surface area contributed by atoms with E-state index in [1.54, 1.807) is 11.3 Å². The first kappa shape index (κ1) is 13.5. The number of nitrogens with zero attached hydrogens (tertiary/aromatic N) is 2. The third-order valence-electron chi connectivity index (χ3n) is 3.35. The predicted octanol–water partition coefficient (Wildman–Crippen LogP) is 1.00. The minimum Gasteiger partial charge on any atom is -0.350 e. The molecule has 0 spiro atoms. The lowest BCUT2D eigenvalue weighted by Gasteiger charge is -2.37. The number of carbonyl (C=O) groups excluding carboxylic acids is 1. The van der Waals surface area contributed by atoms with Gasteiger partial charge in [0.15, 0.2) is 0 Å². The number of amides is 1. The average Bonchev–Trinajstić information content (AvgIpc) is 2.83. The minimum absolute atomic E-state index is 0.125. The molecule has 1 aromatic rings. The summed E-state index contributed by atoms with van der Waals surface area (Å²) in [7, 11) is 2.13. The lowest BCUT2D eigenvalue weighted by Crippen LogP contribution is -2.53. The Kier molecular flexibility index (Phi) is 4.74. The van der Waals surface area contributed by atoms with Gasteiger partial charge < -0.3 is 10.2 Å². The fraction of sp³-hybridized carbons (Fsp3) is 0.615. The second-order valence-corrected chi connectivity index (χ2v) is 5.97. The van der Waals surface area contributed by atoms with Crippen molar-refractivity contribution >= 4 is 17.2 Å². The fourth-order valence-electron chi connectivity index (χ4n) is 2.25. The summed E-state index contributed by atoms with van der Waals surface area (Å²) in [6.45, 7) is 6.41. The van der Waals surface area contributed by atoms with E-state index in [1.807, 2.05) is 17.5 Å². The molecule has 4 nitrogen and oxygen atoms in total. The van der Waals surface area contributed by atoms with E-state index >= 15 is 0 Å². The first-order valence-corrected chi connectivity index (χ1v) is 7.25. The van der Waals surface area contributed by atoms with Gasteiger partial charge in [-0.05, 0) is 25.4 Å². The Morgan fingerprint density at radius 2 is 2.39 bits per heavy atom. The summed E-state index contributed by atoms with van der Waals surface area (Å²) in [5.74, 6) is 0.125. The van der Waals surface area contributed by atoms with Crippen molar-refractivity contribution in [1.82, 2.24) is 15.1 Å². The summed E-state index contributed by atoms with van der Waals surface area (Å²) >= 11 is 1.68. The van der Waals surface area contributed by atoms with E-state index in [1.165, 1.54) is 4.88 Å². The smallest absolute Gasteiger partial charge is 0.234 e. The zero-order chi connectivity index (χ0) is 13.0. The SMILES string of the molecule is C[C@H]1CN(C)CCN1CC(=O)NCc1cccs1. The first-order valence-electron chi connectivity index (χ1n) is 6.37. The highest BCUT2D eigenvalue weighted by atomic mass is 32.1. The number of carbonyl (C=O) groups is 1. The van der Waals surface area contributed by atoms with Gasteiger partial charge in [0.1, 0.15) is 0 Å². The van der Waals surface area contributed by atoms with Crippen LogP contribution in [0.2, 0.25) is 0 Å². The maximum Gasteiger partial charge on any atom is 0.234 e. The van der Waals surface area contributed by atoms with Gasteiger partial charge in [-0.1, -0.05) is 6.07 Å². The molecule has 1 atom stereocenters. The van der Waals surface area contributed by atoms with Gasteiger partial charge in [-0.2, -0.15) is 0 Å². The Labute approximate surface area is 113 Å². The molecular weight excluding hydrogens is 246 g/mol. The van der Waals surface area contributed by atoms with E-state index in [2.05, 4.69) is 29.1 Å². The van der Waals surface area contributed by atoms with E-state index in [0.29, 0.717) is 19.1 Å². The van der Waals surface area contributed by atoms with Crippen molar-refractivity contribution in [2.45, 2.75) is 19.5 Å². The van der Waals surface area contributed by atoms with Gasteiger partial charge in [0, 0.05) is 30.6 Å². The molecule has 2 heterocycles. The molecule has 1 aromatic heterocycles. The van der Waals surface area contributed by atoms with Crippen LogP contribution < -0.4 is 5.32 Å². The molecule has 1 amide bonds. The summed E-state index contributed by atoms with van der Waals surface area (Å²) in [6, 6.07) is 4.51. The van der Waals surface area contributed by atoms with Gasteiger partial charge in [0.2, 0.25) is 5.91 Å². The quantitative estimate of drug-likeness (QED) is 0.884. The molecule has 2 rings (SSSR count). The zero-order valence-electron chi connectivity index (χ0n) is 11.1. The van der Waals surface area contributed by atoms with Gasteiger partial charge in [-0.15, -0.1) is 11.3 Å². The summed E-state index contributed by atoms with van der Waals surface area (Å²) < 4.78 is 0. The first-order chi connectivity index (χ1) is 8.65. The third kappa shape index (κ3) is 3.80. The van der Waals surface area contributed by atoms with Crippen molar-refractivity contribution in [2.24, 2.45) is 0 Å². The van der Waals surface area contributed by atoms with Crippen LogP contribution in [-0.4, -0.2) is 55.0 Å². The van der Waals surface area contributed by atoms with Crippen molar-refractivity contribution < 1.29 is 4.79 Å². The van der Waals surface area contributed by atoms with E-state index in [0.717, 1.165) is 19.6 Å². The Bertz CT molecular complexity index is 380. The largest absolute Gasteiger partial charge is 0.350 e. The molecule has 5 heteroatoms. The monoisotopic (exact) mass is 267 g/mol. The zero-order valence-corrected chi connectivity index (χ0v) is 11.9. The molecule has 1 aliphatic rings. The van der Waals surface area contributed by atoms with Gasteiger partial charge in [-0.3, -0.25) is 9.69 Å². The van der Waals surface area contributed by atoms with E-state index < -0.39 is 0 Å². The molecule has 0 aliphatic carbocycles. The highest BCUT2D eigenvalue weighted by Crippen LogP contribution is 2.09. The van der Waals surface area contributed by atoms with Crippen LogP contribution in [-0.2, 0) is 11.3 Å². The molecule has 100 valence electrons. The predicted molar refractivity (Wildman–Crippen MR) is 74.7 cm³/mol. The van der Waals surface area contributed by atoms with Crippen LogP contribution in [0.5, 0.6) is 0 Å².